The van der Waals surface area contributed by atoms with E-state index >= 15 is 0 Å². The van der Waals surface area contributed by atoms with Crippen molar-refractivity contribution < 1.29 is 22.3 Å². The highest BCUT2D eigenvalue weighted by molar-refractivity contribution is 5.95. The molecule has 0 spiro atoms. The minimum atomic E-state index is -4.82. The summed E-state index contributed by atoms with van der Waals surface area (Å²) in [6.45, 7) is -0.218. The van der Waals surface area contributed by atoms with E-state index < -0.39 is 23.7 Å². The second kappa shape index (κ2) is 12.5. The monoisotopic (exact) mass is 588 g/mol. The molecule has 2 heterocycles. The molecule has 0 fully saturated rings. The van der Waals surface area contributed by atoms with Crippen LogP contribution in [0.4, 0.5) is 17.6 Å². The first-order valence-electron chi connectivity index (χ1n) is 11.6. The molecule has 5 rings (SSSR count). The van der Waals surface area contributed by atoms with Crippen LogP contribution in [-0.2, 0) is 24.6 Å². The third kappa shape index (κ3) is 6.10. The lowest BCUT2D eigenvalue weighted by Crippen LogP contribution is -2.12. The van der Waals surface area contributed by atoms with Gasteiger partial charge in [0.15, 0.2) is 0 Å². The highest BCUT2D eigenvalue weighted by atomic mass is 35.5. The Hall–Kier alpha value is -3.97. The number of fused-ring (bicyclic) bond motifs is 1. The smallest absolute Gasteiger partial charge is 0.363 e. The van der Waals surface area contributed by atoms with E-state index in [2.05, 4.69) is 16.0 Å². The molecule has 0 bridgehead atoms. The second-order valence-electron chi connectivity index (χ2n) is 8.73. The fraction of sp³-hybridized carbons (Fsp3) is 0.138. The van der Waals surface area contributed by atoms with E-state index in [0.717, 1.165) is 28.6 Å². The van der Waals surface area contributed by atoms with Gasteiger partial charge in [-0.1, -0.05) is 36.4 Å². The lowest BCUT2D eigenvalue weighted by molar-refractivity contribution is -0.140. The van der Waals surface area contributed by atoms with Crippen molar-refractivity contribution in [3.8, 4) is 17.2 Å². The Morgan fingerprint density at radius 3 is 2.48 bits per heavy atom. The summed E-state index contributed by atoms with van der Waals surface area (Å²) in [6.07, 6.45) is -0.688. The number of para-hydroxylation sites is 1. The van der Waals surface area contributed by atoms with Crippen LogP contribution in [0.2, 0.25) is 0 Å². The average Bonchev–Trinajstić information content (AvgIpc) is 3.34. The van der Waals surface area contributed by atoms with Crippen LogP contribution in [0.3, 0.4) is 0 Å². The van der Waals surface area contributed by atoms with Gasteiger partial charge >= 0.3 is 6.18 Å². The largest absolute Gasteiger partial charge is 0.419 e. The Kier molecular flexibility index (Phi) is 9.53. The molecule has 0 aliphatic carbocycles. The van der Waals surface area contributed by atoms with Crippen molar-refractivity contribution in [2.45, 2.75) is 18.9 Å². The van der Waals surface area contributed by atoms with Crippen molar-refractivity contribution in [2.24, 2.45) is 7.05 Å². The van der Waals surface area contributed by atoms with Gasteiger partial charge in [-0.05, 0) is 41.5 Å². The molecule has 0 aliphatic rings. The quantitative estimate of drug-likeness (QED) is 0.190. The summed E-state index contributed by atoms with van der Waals surface area (Å²) in [6, 6.07) is 19.7. The van der Waals surface area contributed by atoms with Crippen LogP contribution in [-0.4, -0.2) is 14.5 Å². The molecule has 5 nitrogen and oxygen atoms in total. The van der Waals surface area contributed by atoms with Crippen LogP contribution >= 0.6 is 24.8 Å². The number of hydrogen-bond acceptors (Lipinski definition) is 4. The van der Waals surface area contributed by atoms with Crippen LogP contribution in [0.15, 0.2) is 85.5 Å². The Balaban J connectivity index is 0.00000220. The fourth-order valence-corrected chi connectivity index (χ4v) is 4.40. The summed E-state index contributed by atoms with van der Waals surface area (Å²) in [5.74, 6) is -1.34. The summed E-state index contributed by atoms with van der Waals surface area (Å²) in [5, 5.41) is 10.7. The molecule has 206 valence electrons. The molecule has 0 saturated carbocycles. The zero-order valence-electron chi connectivity index (χ0n) is 20.9. The van der Waals surface area contributed by atoms with E-state index in [-0.39, 0.29) is 37.0 Å². The summed E-state index contributed by atoms with van der Waals surface area (Å²) in [5.41, 5.74) is 2.70. The maximum absolute atomic E-state index is 13.8. The molecule has 2 aromatic heterocycles. The number of aromatic nitrogens is 3. The predicted molar refractivity (Wildman–Crippen MR) is 148 cm³/mol. The number of hydrogen-bond donors (Lipinski definition) is 0. The topological polar surface area (TPSA) is 63.7 Å². The second-order valence-corrected chi connectivity index (χ2v) is 8.73. The number of rotatable bonds is 6. The molecule has 0 aliphatic heterocycles. The number of aryl methyl sites for hydroxylation is 1. The Labute approximate surface area is 239 Å². The van der Waals surface area contributed by atoms with Gasteiger partial charge in [0.2, 0.25) is 0 Å². The number of imidazole rings is 1. The molecule has 3 aromatic carbocycles. The first-order chi connectivity index (χ1) is 18.3. The molecular formula is C29H22Cl2F4N4O. The van der Waals surface area contributed by atoms with E-state index in [0.29, 0.717) is 22.4 Å². The molecule has 5 aromatic rings. The van der Waals surface area contributed by atoms with Gasteiger partial charge in [0.25, 0.3) is 0 Å². The van der Waals surface area contributed by atoms with Gasteiger partial charge in [0, 0.05) is 29.8 Å². The molecule has 40 heavy (non-hydrogen) atoms. The zero-order chi connectivity index (χ0) is 26.9. The van der Waals surface area contributed by atoms with E-state index in [4.69, 9.17) is 4.74 Å². The number of pyridine rings is 1. The first kappa shape index (κ1) is 30.6. The van der Waals surface area contributed by atoms with Crippen molar-refractivity contribution in [2.75, 3.05) is 0 Å². The van der Waals surface area contributed by atoms with Gasteiger partial charge in [-0.3, -0.25) is 4.98 Å². The summed E-state index contributed by atoms with van der Waals surface area (Å²) in [7, 11) is 1.78. The van der Waals surface area contributed by atoms with Gasteiger partial charge in [0.05, 0.1) is 47.5 Å². The molecule has 0 amide bonds. The third-order valence-electron chi connectivity index (χ3n) is 6.27. The van der Waals surface area contributed by atoms with Crippen molar-refractivity contribution in [3.05, 3.63) is 119 Å². The third-order valence-corrected chi connectivity index (χ3v) is 6.27. The Morgan fingerprint density at radius 2 is 1.77 bits per heavy atom. The number of alkyl halides is 3. The standard InChI is InChI=1S/C29H20F4N4O.2ClH/c1-37-17-35-15-26(37)28(38-16-18-7-10-25(30)24(12-18)29(31,32)33)20-8-9-21(14-34)23(13-20)22-6-2-4-19-5-3-11-36-27(19)22;;/h2-13,15,17,28H,16H2,1H3;2*1H. The maximum atomic E-state index is 13.8. The Bertz CT molecular complexity index is 1680. The summed E-state index contributed by atoms with van der Waals surface area (Å²) in [4.78, 5) is 8.66. The molecule has 0 saturated heterocycles. The zero-order valence-corrected chi connectivity index (χ0v) is 22.5. The van der Waals surface area contributed by atoms with Gasteiger partial charge in [0.1, 0.15) is 11.9 Å². The van der Waals surface area contributed by atoms with Crippen molar-refractivity contribution in [1.82, 2.24) is 14.5 Å². The molecule has 1 atom stereocenters. The van der Waals surface area contributed by atoms with Gasteiger partial charge in [-0.15, -0.1) is 24.8 Å². The first-order valence-corrected chi connectivity index (χ1v) is 11.6. The minimum absolute atomic E-state index is 0. The highest BCUT2D eigenvalue weighted by Gasteiger charge is 2.34. The van der Waals surface area contributed by atoms with E-state index in [1.54, 1.807) is 42.5 Å². The molecule has 11 heteroatoms. The lowest BCUT2D eigenvalue weighted by atomic mass is 9.93. The van der Waals surface area contributed by atoms with Gasteiger partial charge in [-0.25, -0.2) is 9.37 Å². The van der Waals surface area contributed by atoms with Crippen molar-refractivity contribution in [3.63, 3.8) is 0 Å². The molecule has 0 N–H and O–H groups in total. The number of nitrogens with zero attached hydrogens (tertiary/aromatic N) is 4. The average molecular weight is 589 g/mol. The summed E-state index contributed by atoms with van der Waals surface area (Å²) < 4.78 is 61.4. The van der Waals surface area contributed by atoms with Crippen LogP contribution in [0.1, 0.15) is 34.1 Å². The predicted octanol–water partition coefficient (Wildman–Crippen LogP) is 7.81. The lowest BCUT2D eigenvalue weighted by Gasteiger charge is -2.21. The van der Waals surface area contributed by atoms with Crippen molar-refractivity contribution >= 4 is 35.7 Å². The van der Waals surface area contributed by atoms with E-state index in [9.17, 15) is 22.8 Å². The van der Waals surface area contributed by atoms with E-state index in [1.165, 1.54) is 6.07 Å². The summed E-state index contributed by atoms with van der Waals surface area (Å²) >= 11 is 0. The molecule has 0 radical (unpaired) electrons. The van der Waals surface area contributed by atoms with Crippen LogP contribution < -0.4 is 0 Å². The molecular weight excluding hydrogens is 567 g/mol. The number of ether oxygens (including phenoxy) is 1. The Morgan fingerprint density at radius 1 is 1.00 bits per heavy atom. The number of halogens is 6. The highest BCUT2D eigenvalue weighted by Crippen LogP contribution is 2.36. The van der Waals surface area contributed by atoms with Crippen LogP contribution in [0.5, 0.6) is 0 Å². The fourth-order valence-electron chi connectivity index (χ4n) is 4.40. The molecule has 1 unspecified atom stereocenters. The minimum Gasteiger partial charge on any atom is -0.363 e. The SMILES string of the molecule is Cl.Cl.Cn1cncc1C(OCc1ccc(F)c(C(F)(F)F)c1)c1ccc(C#N)c(-c2cccc3cccnc23)c1. The maximum Gasteiger partial charge on any atom is 0.419 e. The van der Waals surface area contributed by atoms with Crippen LogP contribution in [0.25, 0.3) is 22.0 Å². The number of benzene rings is 3. The van der Waals surface area contributed by atoms with Gasteiger partial charge in [-0.2, -0.15) is 18.4 Å². The van der Waals surface area contributed by atoms with Crippen molar-refractivity contribution in [1.29, 1.82) is 5.26 Å². The van der Waals surface area contributed by atoms with E-state index in [1.807, 2.05) is 36.4 Å². The van der Waals surface area contributed by atoms with Crippen LogP contribution in [0, 0.1) is 17.1 Å². The normalized spacial score (nSPS) is 11.8. The van der Waals surface area contributed by atoms with Gasteiger partial charge < -0.3 is 9.30 Å². The number of nitriles is 1.